The number of hydrogen-bond acceptors (Lipinski definition) is 3. The van der Waals surface area contributed by atoms with Gasteiger partial charge in [0.1, 0.15) is 5.82 Å². The molecule has 2 atom stereocenters. The summed E-state index contributed by atoms with van der Waals surface area (Å²) in [5, 5.41) is 0. The van der Waals surface area contributed by atoms with Crippen LogP contribution in [0.3, 0.4) is 0 Å². The van der Waals surface area contributed by atoms with Crippen LogP contribution in [0.15, 0.2) is 21.2 Å². The number of nitrogens with zero attached hydrogens (tertiary/aromatic N) is 2. The van der Waals surface area contributed by atoms with Crippen molar-refractivity contribution in [2.75, 3.05) is 11.4 Å². The summed E-state index contributed by atoms with van der Waals surface area (Å²) in [5.74, 6) is 1.04. The summed E-state index contributed by atoms with van der Waals surface area (Å²) >= 11 is 7.01. The van der Waals surface area contributed by atoms with E-state index in [0.29, 0.717) is 6.04 Å². The van der Waals surface area contributed by atoms with Crippen LogP contribution in [0.25, 0.3) is 0 Å². The maximum Gasteiger partial charge on any atom is 0.143 e. The van der Waals surface area contributed by atoms with Gasteiger partial charge in [-0.1, -0.05) is 0 Å². The largest absolute Gasteiger partial charge is 0.353 e. The Morgan fingerprint density at radius 3 is 3.00 bits per heavy atom. The second kappa shape index (κ2) is 5.67. The second-order valence-electron chi connectivity index (χ2n) is 4.66. The quantitative estimate of drug-likeness (QED) is 0.896. The molecule has 17 heavy (non-hydrogen) atoms. The lowest BCUT2D eigenvalue weighted by atomic mass is 10.1. The van der Waals surface area contributed by atoms with Crippen LogP contribution in [0.1, 0.15) is 26.2 Å². The van der Waals surface area contributed by atoms with Crippen LogP contribution in [-0.2, 0) is 0 Å². The van der Waals surface area contributed by atoms with E-state index in [2.05, 4.69) is 48.7 Å². The average molecular weight is 363 g/mol. The van der Waals surface area contributed by atoms with E-state index in [-0.39, 0.29) is 6.04 Å². The minimum Gasteiger partial charge on any atom is -0.353 e. The van der Waals surface area contributed by atoms with Crippen molar-refractivity contribution in [2.24, 2.45) is 5.73 Å². The summed E-state index contributed by atoms with van der Waals surface area (Å²) in [6, 6.07) is 2.82. The van der Waals surface area contributed by atoms with Crippen molar-refractivity contribution in [3.63, 3.8) is 0 Å². The Labute approximate surface area is 119 Å². The zero-order chi connectivity index (χ0) is 12.4. The van der Waals surface area contributed by atoms with Crippen LogP contribution in [0.2, 0.25) is 0 Å². The Morgan fingerprint density at radius 2 is 2.35 bits per heavy atom. The minimum absolute atomic E-state index is 0.245. The van der Waals surface area contributed by atoms with Crippen molar-refractivity contribution in [3.05, 3.63) is 21.2 Å². The molecular formula is C12H17Br2N3. The first-order valence-corrected chi connectivity index (χ1v) is 7.50. The van der Waals surface area contributed by atoms with Crippen LogP contribution in [0.5, 0.6) is 0 Å². The van der Waals surface area contributed by atoms with Crippen molar-refractivity contribution in [1.82, 2.24) is 4.98 Å². The highest BCUT2D eigenvalue weighted by atomic mass is 79.9. The Hall–Kier alpha value is -0.130. The smallest absolute Gasteiger partial charge is 0.143 e. The number of hydrogen-bond donors (Lipinski definition) is 1. The molecule has 0 spiro atoms. The van der Waals surface area contributed by atoms with Gasteiger partial charge in [0.2, 0.25) is 0 Å². The number of rotatable bonds is 3. The zero-order valence-corrected chi connectivity index (χ0v) is 13.0. The molecule has 0 radical (unpaired) electrons. The summed E-state index contributed by atoms with van der Waals surface area (Å²) < 4.78 is 2.04. The molecule has 2 heterocycles. The normalized spacial score (nSPS) is 21.9. The molecule has 1 aromatic rings. The van der Waals surface area contributed by atoms with E-state index in [1.165, 1.54) is 12.8 Å². The van der Waals surface area contributed by atoms with Gasteiger partial charge in [-0.25, -0.2) is 4.98 Å². The van der Waals surface area contributed by atoms with E-state index in [0.717, 1.165) is 27.7 Å². The summed E-state index contributed by atoms with van der Waals surface area (Å²) in [6.07, 6.45) is 5.32. The van der Waals surface area contributed by atoms with Gasteiger partial charge in [0.25, 0.3) is 0 Å². The monoisotopic (exact) mass is 361 g/mol. The maximum atomic E-state index is 5.91. The Balaban J connectivity index is 2.20. The third kappa shape index (κ3) is 3.20. The van der Waals surface area contributed by atoms with Gasteiger partial charge < -0.3 is 10.6 Å². The lowest BCUT2D eigenvalue weighted by Crippen LogP contribution is -2.34. The zero-order valence-electron chi connectivity index (χ0n) is 9.87. The first-order valence-electron chi connectivity index (χ1n) is 5.91. The van der Waals surface area contributed by atoms with Gasteiger partial charge in [-0.05, 0) is 64.1 Å². The van der Waals surface area contributed by atoms with E-state index in [9.17, 15) is 0 Å². The maximum absolute atomic E-state index is 5.91. The molecule has 0 aromatic carbocycles. The van der Waals surface area contributed by atoms with E-state index in [1.54, 1.807) is 0 Å². The molecule has 0 bridgehead atoms. The van der Waals surface area contributed by atoms with Crippen LogP contribution < -0.4 is 10.6 Å². The van der Waals surface area contributed by atoms with E-state index >= 15 is 0 Å². The molecule has 0 saturated carbocycles. The van der Waals surface area contributed by atoms with Gasteiger partial charge in [-0.15, -0.1) is 0 Å². The number of halogens is 2. The van der Waals surface area contributed by atoms with Crippen molar-refractivity contribution < 1.29 is 0 Å². The lowest BCUT2D eigenvalue weighted by molar-refractivity contribution is 0.542. The number of aromatic nitrogens is 1. The van der Waals surface area contributed by atoms with Gasteiger partial charge in [-0.2, -0.15) is 0 Å². The molecule has 1 aromatic heterocycles. The fourth-order valence-electron chi connectivity index (χ4n) is 2.41. The molecule has 5 heteroatoms. The molecule has 1 saturated heterocycles. The fourth-order valence-corrected chi connectivity index (χ4v) is 3.62. The van der Waals surface area contributed by atoms with Crippen LogP contribution >= 0.6 is 31.9 Å². The predicted octanol–water partition coefficient (Wildman–Crippen LogP) is 3.31. The molecule has 1 aliphatic rings. The molecule has 0 amide bonds. The highest BCUT2D eigenvalue weighted by Gasteiger charge is 2.27. The minimum atomic E-state index is 0.245. The third-order valence-electron chi connectivity index (χ3n) is 3.08. The van der Waals surface area contributed by atoms with Crippen LogP contribution in [0.4, 0.5) is 5.82 Å². The summed E-state index contributed by atoms with van der Waals surface area (Å²) in [5.41, 5.74) is 5.91. The summed E-state index contributed by atoms with van der Waals surface area (Å²) in [7, 11) is 0. The summed E-state index contributed by atoms with van der Waals surface area (Å²) in [6.45, 7) is 3.14. The van der Waals surface area contributed by atoms with Gasteiger partial charge in [0.15, 0.2) is 0 Å². The Bertz CT molecular complexity index is 395. The molecule has 94 valence electrons. The van der Waals surface area contributed by atoms with Crippen molar-refractivity contribution in [2.45, 2.75) is 38.3 Å². The van der Waals surface area contributed by atoms with Crippen molar-refractivity contribution >= 4 is 37.7 Å². The molecule has 1 aliphatic heterocycles. The first kappa shape index (κ1) is 13.3. The van der Waals surface area contributed by atoms with E-state index < -0.39 is 0 Å². The van der Waals surface area contributed by atoms with E-state index in [1.807, 2.05) is 12.3 Å². The standard InChI is InChI=1S/C12H17Br2N3/c1-8(15)5-10-3-2-4-17(10)12-11(14)6-9(13)7-16-12/h6-8,10H,2-5,15H2,1H3. The highest BCUT2D eigenvalue weighted by molar-refractivity contribution is 9.11. The van der Waals surface area contributed by atoms with Crippen LogP contribution in [-0.4, -0.2) is 23.6 Å². The van der Waals surface area contributed by atoms with Gasteiger partial charge in [0.05, 0.1) is 4.47 Å². The Morgan fingerprint density at radius 1 is 1.59 bits per heavy atom. The topological polar surface area (TPSA) is 42.1 Å². The van der Waals surface area contributed by atoms with E-state index in [4.69, 9.17) is 5.73 Å². The van der Waals surface area contributed by atoms with Gasteiger partial charge >= 0.3 is 0 Å². The number of nitrogens with two attached hydrogens (primary N) is 1. The summed E-state index contributed by atoms with van der Waals surface area (Å²) in [4.78, 5) is 6.88. The molecule has 1 fully saturated rings. The second-order valence-corrected chi connectivity index (χ2v) is 6.43. The molecule has 2 N–H and O–H groups in total. The number of pyridine rings is 1. The molecule has 2 rings (SSSR count). The number of anilines is 1. The average Bonchev–Trinajstić information content (AvgIpc) is 2.65. The molecular weight excluding hydrogens is 346 g/mol. The highest BCUT2D eigenvalue weighted by Crippen LogP contribution is 2.33. The molecule has 3 nitrogen and oxygen atoms in total. The van der Waals surface area contributed by atoms with Gasteiger partial charge in [-0.3, -0.25) is 0 Å². The van der Waals surface area contributed by atoms with Gasteiger partial charge in [0, 0.05) is 29.3 Å². The molecule has 0 aliphatic carbocycles. The Kier molecular flexibility index (Phi) is 4.44. The SMILES string of the molecule is CC(N)CC1CCCN1c1ncc(Br)cc1Br. The first-order chi connectivity index (χ1) is 8.08. The molecule has 2 unspecified atom stereocenters. The predicted molar refractivity (Wildman–Crippen MR) is 78.3 cm³/mol. The van der Waals surface area contributed by atoms with Crippen molar-refractivity contribution in [1.29, 1.82) is 0 Å². The van der Waals surface area contributed by atoms with Crippen molar-refractivity contribution in [3.8, 4) is 0 Å². The third-order valence-corrected chi connectivity index (χ3v) is 4.10. The van der Waals surface area contributed by atoms with Crippen LogP contribution in [0, 0.1) is 0 Å². The fraction of sp³-hybridized carbons (Fsp3) is 0.583. The lowest BCUT2D eigenvalue weighted by Gasteiger charge is -2.27.